The highest BCUT2D eigenvalue weighted by Gasteiger charge is 2.38. The smallest absolute Gasteiger partial charge is 0.0451 e. The van der Waals surface area contributed by atoms with Crippen LogP contribution in [-0.2, 0) is 5.41 Å². The molecular formula is C13H16ClN. The Morgan fingerprint density at radius 3 is 2.67 bits per heavy atom. The third-order valence-electron chi connectivity index (χ3n) is 3.29. The Bertz CT molecular complexity index is 421. The molecule has 15 heavy (non-hydrogen) atoms. The third-order valence-corrected chi connectivity index (χ3v) is 3.52. The van der Waals surface area contributed by atoms with E-state index < -0.39 is 0 Å². The van der Waals surface area contributed by atoms with Gasteiger partial charge in [0, 0.05) is 28.4 Å². The van der Waals surface area contributed by atoms with Crippen LogP contribution < -0.4 is 4.90 Å². The summed E-state index contributed by atoms with van der Waals surface area (Å²) >= 11 is 6.04. The van der Waals surface area contributed by atoms with Gasteiger partial charge in [-0.2, -0.15) is 0 Å². The number of rotatable bonds is 1. The van der Waals surface area contributed by atoms with Crippen LogP contribution in [0.25, 0.3) is 0 Å². The van der Waals surface area contributed by atoms with Crippen molar-refractivity contribution in [2.24, 2.45) is 0 Å². The monoisotopic (exact) mass is 221 g/mol. The molecule has 80 valence electrons. The molecule has 1 heterocycles. The lowest BCUT2D eigenvalue weighted by Gasteiger charge is -2.24. The molecule has 1 aliphatic rings. The van der Waals surface area contributed by atoms with Crippen molar-refractivity contribution in [1.29, 1.82) is 0 Å². The van der Waals surface area contributed by atoms with Crippen LogP contribution in [0.4, 0.5) is 5.69 Å². The normalized spacial score (nSPS) is 18.1. The number of likely N-dealkylation sites (N-methyl/N-ethyl adjacent to an activating group) is 1. The zero-order valence-corrected chi connectivity index (χ0v) is 10.2. The van der Waals surface area contributed by atoms with Crippen molar-refractivity contribution in [1.82, 2.24) is 0 Å². The van der Waals surface area contributed by atoms with E-state index in [0.29, 0.717) is 0 Å². The Morgan fingerprint density at radius 2 is 2.07 bits per heavy atom. The predicted molar refractivity (Wildman–Crippen MR) is 66.6 cm³/mol. The first kappa shape index (κ1) is 10.6. The van der Waals surface area contributed by atoms with Crippen LogP contribution in [0.15, 0.2) is 30.5 Å². The summed E-state index contributed by atoms with van der Waals surface area (Å²) in [6.07, 6.45) is 0. The fourth-order valence-electron chi connectivity index (χ4n) is 2.24. The van der Waals surface area contributed by atoms with Crippen molar-refractivity contribution in [3.63, 3.8) is 0 Å². The van der Waals surface area contributed by atoms with Crippen molar-refractivity contribution in [2.75, 3.05) is 11.4 Å². The summed E-state index contributed by atoms with van der Waals surface area (Å²) in [6, 6.07) is 6.08. The zero-order valence-electron chi connectivity index (χ0n) is 9.47. The zero-order chi connectivity index (χ0) is 11.2. The largest absolute Gasteiger partial charge is 0.345 e. The van der Waals surface area contributed by atoms with E-state index in [9.17, 15) is 0 Å². The van der Waals surface area contributed by atoms with E-state index in [-0.39, 0.29) is 5.41 Å². The molecule has 0 aliphatic carbocycles. The van der Waals surface area contributed by atoms with Crippen LogP contribution in [-0.4, -0.2) is 6.54 Å². The maximum Gasteiger partial charge on any atom is 0.0451 e. The second-order valence-electron chi connectivity index (χ2n) is 4.48. The van der Waals surface area contributed by atoms with Gasteiger partial charge in [0.15, 0.2) is 0 Å². The van der Waals surface area contributed by atoms with Crippen molar-refractivity contribution < 1.29 is 0 Å². The molecule has 0 atom stereocenters. The summed E-state index contributed by atoms with van der Waals surface area (Å²) in [5.74, 6) is 0. The molecular weight excluding hydrogens is 206 g/mol. The van der Waals surface area contributed by atoms with Gasteiger partial charge in [0.2, 0.25) is 0 Å². The lowest BCUT2D eigenvalue weighted by atomic mass is 9.84. The molecule has 1 aromatic carbocycles. The molecule has 0 bridgehead atoms. The number of benzene rings is 1. The Balaban J connectivity index is 2.65. The Morgan fingerprint density at radius 1 is 1.40 bits per heavy atom. The first-order valence-electron chi connectivity index (χ1n) is 5.25. The molecule has 0 radical (unpaired) electrons. The van der Waals surface area contributed by atoms with Crippen molar-refractivity contribution in [3.8, 4) is 0 Å². The van der Waals surface area contributed by atoms with Gasteiger partial charge in [-0.05, 0) is 30.7 Å². The molecule has 0 saturated heterocycles. The van der Waals surface area contributed by atoms with Gasteiger partial charge in [0.05, 0.1) is 0 Å². The summed E-state index contributed by atoms with van der Waals surface area (Å²) in [4.78, 5) is 2.26. The van der Waals surface area contributed by atoms with Gasteiger partial charge in [0.1, 0.15) is 0 Å². The average Bonchev–Trinajstić information content (AvgIpc) is 2.37. The minimum Gasteiger partial charge on any atom is -0.345 e. The highest BCUT2D eigenvalue weighted by molar-refractivity contribution is 6.30. The number of halogens is 1. The van der Waals surface area contributed by atoms with Crippen LogP contribution in [0.3, 0.4) is 0 Å². The van der Waals surface area contributed by atoms with Gasteiger partial charge in [-0.3, -0.25) is 0 Å². The molecule has 1 aliphatic heterocycles. The Labute approximate surface area is 96.4 Å². The summed E-state index contributed by atoms with van der Waals surface area (Å²) < 4.78 is 0. The maximum absolute atomic E-state index is 6.04. The lowest BCUT2D eigenvalue weighted by molar-refractivity contribution is 0.636. The fraction of sp³-hybridized carbons (Fsp3) is 0.385. The molecule has 0 fully saturated rings. The van der Waals surface area contributed by atoms with Gasteiger partial charge in [-0.25, -0.2) is 0 Å². The van der Waals surface area contributed by atoms with Crippen molar-refractivity contribution in [3.05, 3.63) is 41.1 Å². The summed E-state index contributed by atoms with van der Waals surface area (Å²) in [7, 11) is 0. The second kappa shape index (κ2) is 3.28. The highest BCUT2D eigenvalue weighted by Crippen LogP contribution is 2.47. The van der Waals surface area contributed by atoms with E-state index in [1.165, 1.54) is 11.3 Å². The van der Waals surface area contributed by atoms with E-state index in [1.807, 2.05) is 6.07 Å². The molecule has 2 heteroatoms. The van der Waals surface area contributed by atoms with Crippen LogP contribution in [0.5, 0.6) is 0 Å². The van der Waals surface area contributed by atoms with Crippen LogP contribution in [0, 0.1) is 0 Å². The molecule has 1 aromatic rings. The van der Waals surface area contributed by atoms with Gasteiger partial charge >= 0.3 is 0 Å². The van der Waals surface area contributed by atoms with E-state index >= 15 is 0 Å². The van der Waals surface area contributed by atoms with Gasteiger partial charge in [-0.15, -0.1) is 0 Å². The molecule has 1 nitrogen and oxygen atoms in total. The van der Waals surface area contributed by atoms with Crippen LogP contribution in [0.1, 0.15) is 26.3 Å². The lowest BCUT2D eigenvalue weighted by Crippen LogP contribution is -2.24. The molecule has 0 saturated carbocycles. The number of nitrogens with zero attached hydrogens (tertiary/aromatic N) is 1. The molecule has 0 spiro atoms. The summed E-state index contributed by atoms with van der Waals surface area (Å²) in [5.41, 5.74) is 3.68. The predicted octanol–water partition coefficient (Wildman–Crippen LogP) is 3.97. The standard InChI is InChI=1S/C13H16ClN/c1-5-15-9(2)13(3,4)11-8-10(14)6-7-12(11)15/h6-8H,2,5H2,1,3-4H3. The highest BCUT2D eigenvalue weighted by atomic mass is 35.5. The Kier molecular flexibility index (Phi) is 2.31. The third kappa shape index (κ3) is 1.37. The average molecular weight is 222 g/mol. The minimum atomic E-state index is -0.00373. The van der Waals surface area contributed by atoms with Gasteiger partial charge < -0.3 is 4.90 Å². The van der Waals surface area contributed by atoms with E-state index in [4.69, 9.17) is 11.6 Å². The number of allylic oxidation sites excluding steroid dienone is 1. The first-order chi connectivity index (χ1) is 6.98. The SMILES string of the molecule is C=C1N(CC)c2ccc(Cl)cc2C1(C)C. The van der Waals surface area contributed by atoms with E-state index in [2.05, 4.69) is 44.4 Å². The van der Waals surface area contributed by atoms with E-state index in [1.54, 1.807) is 0 Å². The maximum atomic E-state index is 6.04. The molecule has 0 amide bonds. The molecule has 2 rings (SSSR count). The van der Waals surface area contributed by atoms with Crippen LogP contribution in [0.2, 0.25) is 5.02 Å². The fourth-order valence-corrected chi connectivity index (χ4v) is 2.42. The van der Waals surface area contributed by atoms with Gasteiger partial charge in [0.25, 0.3) is 0 Å². The second-order valence-corrected chi connectivity index (χ2v) is 4.91. The quantitative estimate of drug-likeness (QED) is 0.694. The topological polar surface area (TPSA) is 3.24 Å². The van der Waals surface area contributed by atoms with Crippen molar-refractivity contribution in [2.45, 2.75) is 26.2 Å². The Hall–Kier alpha value is -0.950. The molecule has 0 N–H and O–H groups in total. The van der Waals surface area contributed by atoms with Crippen molar-refractivity contribution >= 4 is 17.3 Å². The number of anilines is 1. The van der Waals surface area contributed by atoms with Gasteiger partial charge in [-0.1, -0.05) is 32.0 Å². The first-order valence-corrected chi connectivity index (χ1v) is 5.63. The van der Waals surface area contributed by atoms with Crippen LogP contribution >= 0.6 is 11.6 Å². The number of hydrogen-bond acceptors (Lipinski definition) is 1. The van der Waals surface area contributed by atoms with E-state index in [0.717, 1.165) is 17.3 Å². The number of fused-ring (bicyclic) bond motifs is 1. The summed E-state index contributed by atoms with van der Waals surface area (Å²) in [5, 5.41) is 0.799. The minimum absolute atomic E-state index is 0.00373. The molecule has 0 aromatic heterocycles. The number of hydrogen-bond donors (Lipinski definition) is 0. The molecule has 0 unspecified atom stereocenters. The summed E-state index contributed by atoms with van der Waals surface area (Å²) in [6.45, 7) is 11.7.